The van der Waals surface area contributed by atoms with Crippen molar-refractivity contribution in [3.8, 4) is 0 Å². The quantitative estimate of drug-likeness (QED) is 0.804. The van der Waals surface area contributed by atoms with E-state index in [1.807, 2.05) is 24.3 Å². The number of allylic oxidation sites excluding steroid dienone is 1. The zero-order chi connectivity index (χ0) is 14.6. The van der Waals surface area contributed by atoms with E-state index in [1.54, 1.807) is 6.08 Å². The minimum atomic E-state index is -0.803. The van der Waals surface area contributed by atoms with Crippen molar-refractivity contribution >= 4 is 11.8 Å². The van der Waals surface area contributed by atoms with Gasteiger partial charge in [0.15, 0.2) is 5.78 Å². The van der Waals surface area contributed by atoms with Crippen molar-refractivity contribution in [1.82, 2.24) is 0 Å². The predicted molar refractivity (Wildman–Crippen MR) is 77.8 cm³/mol. The number of carboxylic acid groups (broad SMARTS) is 1. The van der Waals surface area contributed by atoms with Crippen LogP contribution in [0.15, 0.2) is 36.9 Å². The Balaban J connectivity index is 2.23. The van der Waals surface area contributed by atoms with E-state index in [0.29, 0.717) is 19.3 Å². The van der Waals surface area contributed by atoms with Crippen LogP contribution in [-0.2, 0) is 11.2 Å². The van der Waals surface area contributed by atoms with Crippen LogP contribution in [0.1, 0.15) is 48.0 Å². The van der Waals surface area contributed by atoms with Crippen LogP contribution in [0, 0.1) is 5.41 Å². The molecule has 106 valence electrons. The molecule has 1 atom stereocenters. The van der Waals surface area contributed by atoms with Gasteiger partial charge in [-0.05, 0) is 37.7 Å². The molecule has 2 rings (SSSR count). The summed E-state index contributed by atoms with van der Waals surface area (Å²) in [6.07, 6.45) is 5.35. The number of Topliss-reactive ketones (excluding diaryl/α,β-unsaturated/α-hetero) is 1. The molecule has 3 nitrogen and oxygen atoms in total. The van der Waals surface area contributed by atoms with Gasteiger partial charge in [-0.1, -0.05) is 30.3 Å². The fourth-order valence-corrected chi connectivity index (χ4v) is 3.12. The van der Waals surface area contributed by atoms with Crippen molar-refractivity contribution in [3.63, 3.8) is 0 Å². The molecule has 0 heterocycles. The molecule has 1 N–H and O–H groups in total. The van der Waals surface area contributed by atoms with Crippen molar-refractivity contribution in [2.45, 2.75) is 38.5 Å². The van der Waals surface area contributed by atoms with Crippen molar-refractivity contribution in [2.24, 2.45) is 5.41 Å². The average molecular weight is 272 g/mol. The van der Waals surface area contributed by atoms with Crippen LogP contribution < -0.4 is 0 Å². The Labute approximate surface area is 119 Å². The molecule has 0 bridgehead atoms. The van der Waals surface area contributed by atoms with Crippen LogP contribution in [0.25, 0.3) is 0 Å². The maximum Gasteiger partial charge on any atom is 0.303 e. The molecule has 0 unspecified atom stereocenters. The second kappa shape index (κ2) is 6.04. The summed E-state index contributed by atoms with van der Waals surface area (Å²) in [6.45, 7) is 3.76. The predicted octanol–water partition coefficient (Wildman–Crippen LogP) is 3.63. The molecule has 0 saturated heterocycles. The van der Waals surface area contributed by atoms with Crippen molar-refractivity contribution in [1.29, 1.82) is 0 Å². The first kappa shape index (κ1) is 14.5. The van der Waals surface area contributed by atoms with E-state index < -0.39 is 11.4 Å². The average Bonchev–Trinajstić information content (AvgIpc) is 2.43. The van der Waals surface area contributed by atoms with Gasteiger partial charge >= 0.3 is 5.97 Å². The largest absolute Gasteiger partial charge is 0.481 e. The SMILES string of the molecule is C=CC[C@@]1(CCCC(=O)O)CCc2ccccc2C1=O. The molecule has 20 heavy (non-hydrogen) atoms. The number of aliphatic carboxylic acids is 1. The Morgan fingerprint density at radius 1 is 1.40 bits per heavy atom. The van der Waals surface area contributed by atoms with Crippen molar-refractivity contribution in [2.75, 3.05) is 0 Å². The first-order chi connectivity index (χ1) is 9.59. The standard InChI is InChI=1S/C17H20O3/c1-2-10-17(11-5-8-15(18)19)12-9-13-6-3-4-7-14(13)16(17)20/h2-4,6-7H,1,5,8-12H2,(H,18,19)/t17-/m1/s1. The maximum absolute atomic E-state index is 12.8. The summed E-state index contributed by atoms with van der Waals surface area (Å²) >= 11 is 0. The normalized spacial score (nSPS) is 21.3. The Hall–Kier alpha value is -1.90. The molecular formula is C17H20O3. The Kier molecular flexibility index (Phi) is 4.38. The van der Waals surface area contributed by atoms with Gasteiger partial charge in [-0.3, -0.25) is 9.59 Å². The molecule has 0 aliphatic heterocycles. The van der Waals surface area contributed by atoms with Crippen LogP contribution in [0.2, 0.25) is 0 Å². The van der Waals surface area contributed by atoms with E-state index in [4.69, 9.17) is 5.11 Å². The Morgan fingerprint density at radius 2 is 2.15 bits per heavy atom. The van der Waals surface area contributed by atoms with Gasteiger partial charge in [-0.25, -0.2) is 0 Å². The molecule has 0 radical (unpaired) electrons. The summed E-state index contributed by atoms with van der Waals surface area (Å²) in [5, 5.41) is 8.78. The van der Waals surface area contributed by atoms with Crippen molar-refractivity contribution in [3.05, 3.63) is 48.0 Å². The molecule has 3 heteroatoms. The van der Waals surface area contributed by atoms with Crippen LogP contribution in [0.4, 0.5) is 0 Å². The number of hydrogen-bond donors (Lipinski definition) is 1. The number of fused-ring (bicyclic) bond motifs is 1. The molecule has 0 aromatic heterocycles. The van der Waals surface area contributed by atoms with Crippen molar-refractivity contribution < 1.29 is 14.7 Å². The van der Waals surface area contributed by atoms with Gasteiger partial charge < -0.3 is 5.11 Å². The lowest BCUT2D eigenvalue weighted by molar-refractivity contribution is -0.137. The first-order valence-corrected chi connectivity index (χ1v) is 7.04. The lowest BCUT2D eigenvalue weighted by Gasteiger charge is -2.36. The highest BCUT2D eigenvalue weighted by Gasteiger charge is 2.40. The summed E-state index contributed by atoms with van der Waals surface area (Å²) in [7, 11) is 0. The molecule has 0 saturated carbocycles. The number of carbonyl (C=O) groups excluding carboxylic acids is 1. The number of benzene rings is 1. The first-order valence-electron chi connectivity index (χ1n) is 7.04. The lowest BCUT2D eigenvalue weighted by Crippen LogP contribution is -2.36. The number of rotatable bonds is 6. The molecule has 1 aliphatic carbocycles. The topological polar surface area (TPSA) is 54.4 Å². The van der Waals surface area contributed by atoms with Gasteiger partial charge in [0.25, 0.3) is 0 Å². The molecule has 0 spiro atoms. The van der Waals surface area contributed by atoms with E-state index in [-0.39, 0.29) is 12.2 Å². The monoisotopic (exact) mass is 272 g/mol. The van der Waals surface area contributed by atoms with Gasteiger partial charge in [0.2, 0.25) is 0 Å². The van der Waals surface area contributed by atoms with Crippen LogP contribution in [-0.4, -0.2) is 16.9 Å². The number of carbonyl (C=O) groups is 2. The second-order valence-corrected chi connectivity index (χ2v) is 5.51. The second-order valence-electron chi connectivity index (χ2n) is 5.51. The molecule has 1 aliphatic rings. The molecular weight excluding hydrogens is 252 g/mol. The number of ketones is 1. The summed E-state index contributed by atoms with van der Waals surface area (Å²) in [5.41, 5.74) is 1.46. The summed E-state index contributed by atoms with van der Waals surface area (Å²) in [5.74, 6) is -0.646. The molecule has 1 aromatic rings. The fourth-order valence-electron chi connectivity index (χ4n) is 3.12. The zero-order valence-corrected chi connectivity index (χ0v) is 11.6. The van der Waals surface area contributed by atoms with Crippen LogP contribution in [0.5, 0.6) is 0 Å². The van der Waals surface area contributed by atoms with Gasteiger partial charge in [0, 0.05) is 17.4 Å². The highest BCUT2D eigenvalue weighted by Crippen LogP contribution is 2.42. The lowest BCUT2D eigenvalue weighted by atomic mass is 9.66. The zero-order valence-electron chi connectivity index (χ0n) is 11.6. The molecule has 1 aromatic carbocycles. The summed E-state index contributed by atoms with van der Waals surface area (Å²) < 4.78 is 0. The van der Waals surface area contributed by atoms with Gasteiger partial charge in [-0.15, -0.1) is 6.58 Å². The number of aryl methyl sites for hydroxylation is 1. The van der Waals surface area contributed by atoms with E-state index in [2.05, 4.69) is 6.58 Å². The number of hydrogen-bond acceptors (Lipinski definition) is 2. The Bertz CT molecular complexity index is 533. The van der Waals surface area contributed by atoms with E-state index in [1.165, 1.54) is 0 Å². The third-order valence-electron chi connectivity index (χ3n) is 4.20. The van der Waals surface area contributed by atoms with E-state index in [9.17, 15) is 9.59 Å². The minimum absolute atomic E-state index is 0.119. The van der Waals surface area contributed by atoms with Gasteiger partial charge in [0.05, 0.1) is 0 Å². The third kappa shape index (κ3) is 2.82. The number of carboxylic acids is 1. The summed E-state index contributed by atoms with van der Waals surface area (Å²) in [4.78, 5) is 23.5. The van der Waals surface area contributed by atoms with Crippen LogP contribution in [0.3, 0.4) is 0 Å². The molecule has 0 amide bonds. The van der Waals surface area contributed by atoms with Gasteiger partial charge in [0.1, 0.15) is 0 Å². The minimum Gasteiger partial charge on any atom is -0.481 e. The summed E-state index contributed by atoms with van der Waals surface area (Å²) in [6, 6.07) is 7.73. The highest BCUT2D eigenvalue weighted by atomic mass is 16.4. The Morgan fingerprint density at radius 3 is 2.85 bits per heavy atom. The third-order valence-corrected chi connectivity index (χ3v) is 4.20. The van der Waals surface area contributed by atoms with E-state index >= 15 is 0 Å². The molecule has 0 fully saturated rings. The fraction of sp³-hybridized carbons (Fsp3) is 0.412. The van der Waals surface area contributed by atoms with E-state index in [0.717, 1.165) is 24.0 Å². The van der Waals surface area contributed by atoms with Gasteiger partial charge in [-0.2, -0.15) is 0 Å². The highest BCUT2D eigenvalue weighted by molar-refractivity contribution is 6.02. The smallest absolute Gasteiger partial charge is 0.303 e. The van der Waals surface area contributed by atoms with Crippen LogP contribution >= 0.6 is 0 Å². The maximum atomic E-state index is 12.8.